The number of carbonyl (C=O) groups excluding carboxylic acids is 1. The molecule has 1 heteroatoms. The fourth-order valence-corrected chi connectivity index (χ4v) is 10.5. The number of carbonyl (C=O) groups is 1. The Balaban J connectivity index is 5.33. The van der Waals surface area contributed by atoms with Gasteiger partial charge in [0.25, 0.3) is 0 Å². The lowest BCUT2D eigenvalue weighted by Crippen LogP contribution is -2.23. The molecule has 0 aliphatic carbocycles. The van der Waals surface area contributed by atoms with Gasteiger partial charge in [-0.15, -0.1) is 0 Å². The molecule has 0 aliphatic rings. The van der Waals surface area contributed by atoms with Crippen LogP contribution in [0.2, 0.25) is 0 Å². The first kappa shape index (κ1) is 72.6. The number of hydrogen-bond acceptors (Lipinski definition) is 1. The predicted octanol–water partition coefficient (Wildman–Crippen LogP) is 26.2. The summed E-state index contributed by atoms with van der Waals surface area (Å²) < 4.78 is 0. The lowest BCUT2D eigenvalue weighted by atomic mass is 9.77. The lowest BCUT2D eigenvalue weighted by molar-refractivity contribution is -0.122. The molecule has 0 amide bonds. The van der Waals surface area contributed by atoms with Gasteiger partial charge in [0.2, 0.25) is 0 Å². The van der Waals surface area contributed by atoms with Crippen LogP contribution in [0, 0.1) is 11.8 Å². The van der Waals surface area contributed by atoms with E-state index in [1.807, 2.05) is 0 Å². The van der Waals surface area contributed by atoms with Gasteiger partial charge >= 0.3 is 0 Å². The van der Waals surface area contributed by atoms with Gasteiger partial charge in [0.05, 0.1) is 0 Å². The summed E-state index contributed by atoms with van der Waals surface area (Å²) in [5, 5.41) is 0. The van der Waals surface area contributed by atoms with E-state index in [0.717, 1.165) is 83.5 Å². The van der Waals surface area contributed by atoms with Crippen LogP contribution in [0.25, 0.3) is 0 Å². The van der Waals surface area contributed by atoms with Crippen molar-refractivity contribution in [3.63, 3.8) is 0 Å². The van der Waals surface area contributed by atoms with Gasteiger partial charge in [-0.25, -0.2) is 0 Å². The zero-order valence-corrected chi connectivity index (χ0v) is 51.3. The van der Waals surface area contributed by atoms with E-state index in [4.69, 9.17) is 0 Å². The summed E-state index contributed by atoms with van der Waals surface area (Å²) in [5.74, 6) is 2.31. The number of ketones is 1. The third kappa shape index (κ3) is 59.1. The molecule has 0 spiro atoms. The van der Waals surface area contributed by atoms with E-state index in [0.29, 0.717) is 5.78 Å². The highest BCUT2D eigenvalue weighted by Gasteiger charge is 2.27. The van der Waals surface area contributed by atoms with Crippen molar-refractivity contribution in [2.24, 2.45) is 5.92 Å². The molecular weight excluding hydrogens is 905 g/mol. The lowest BCUT2D eigenvalue weighted by Gasteiger charge is -2.26. The maximum atomic E-state index is 14.4. The van der Waals surface area contributed by atoms with Crippen molar-refractivity contribution in [1.82, 2.24) is 0 Å². The number of unbranched alkanes of at least 4 members (excludes halogenated alkanes) is 35. The summed E-state index contributed by atoms with van der Waals surface area (Å²) in [4.78, 5) is 14.4. The Morgan fingerprint density at radius 2 is 0.480 bits per heavy atom. The molecule has 0 rings (SSSR count). The van der Waals surface area contributed by atoms with Crippen LogP contribution in [0.1, 0.15) is 355 Å². The highest BCUT2D eigenvalue weighted by Crippen LogP contribution is 2.33. The largest absolute Gasteiger partial charge is 0.299 e. The minimum absolute atomic E-state index is 0.164. The number of Topliss-reactive ketones (excluding diaryl/α,β-unsaturated/α-hetero) is 1. The molecule has 0 aromatic rings. The van der Waals surface area contributed by atoms with Gasteiger partial charge in [-0.1, -0.05) is 337 Å². The van der Waals surface area contributed by atoms with Gasteiger partial charge in [0.1, 0.15) is 5.78 Å². The molecule has 0 N–H and O–H groups in total. The normalized spacial score (nSPS) is 13.1. The molecule has 0 fully saturated rings. The van der Waals surface area contributed by atoms with Crippen LogP contribution in [0.15, 0.2) is 97.2 Å². The van der Waals surface area contributed by atoms with E-state index in [-0.39, 0.29) is 5.92 Å². The van der Waals surface area contributed by atoms with Crippen molar-refractivity contribution in [3.8, 4) is 0 Å². The van der Waals surface area contributed by atoms with Crippen LogP contribution < -0.4 is 0 Å². The van der Waals surface area contributed by atoms with Gasteiger partial charge < -0.3 is 0 Å². The molecule has 1 nitrogen and oxygen atoms in total. The highest BCUT2D eigenvalue weighted by atomic mass is 16.1. The minimum atomic E-state index is 0.164. The summed E-state index contributed by atoms with van der Waals surface area (Å²) >= 11 is 0. The van der Waals surface area contributed by atoms with Gasteiger partial charge in [0, 0.05) is 12.3 Å². The van der Waals surface area contributed by atoms with Crippen LogP contribution in [-0.2, 0) is 4.79 Å². The number of hydrogen-bond donors (Lipinski definition) is 0. The van der Waals surface area contributed by atoms with Crippen molar-refractivity contribution in [2.45, 2.75) is 355 Å². The van der Waals surface area contributed by atoms with E-state index >= 15 is 0 Å². The maximum Gasteiger partial charge on any atom is 0.136 e. The van der Waals surface area contributed by atoms with Gasteiger partial charge in [-0.05, 0) is 115 Å². The monoisotopic (exact) mass is 1040 g/mol. The van der Waals surface area contributed by atoms with Gasteiger partial charge in [-0.2, -0.15) is 0 Å². The average Bonchev–Trinajstić information content (AvgIpc) is 3.42. The van der Waals surface area contributed by atoms with Gasteiger partial charge in [-0.3, -0.25) is 4.79 Å². The Bertz CT molecular complexity index is 1350. The zero-order chi connectivity index (χ0) is 54.1. The van der Waals surface area contributed by atoms with Crippen LogP contribution in [0.5, 0.6) is 0 Å². The summed E-state index contributed by atoms with van der Waals surface area (Å²) in [7, 11) is 0. The SMILES string of the molecule is CCCCC/C=C\C/C=C\C/C=C\C/C=C\CCCC[C](CC/C=C\C/C=C\C/C=C\C/C=C\CCCCC)C(CCCCCCCCCCCCCCCC)C(=O)CCCCCCCCCCCCCCCCC. The fraction of sp³-hybridized carbons (Fsp3) is 0.757. The van der Waals surface area contributed by atoms with Crippen LogP contribution in [0.4, 0.5) is 0 Å². The van der Waals surface area contributed by atoms with Crippen LogP contribution >= 0.6 is 0 Å². The Morgan fingerprint density at radius 1 is 0.240 bits per heavy atom. The predicted molar refractivity (Wildman–Crippen MR) is 343 cm³/mol. The first-order chi connectivity index (χ1) is 37.2. The molecule has 0 aromatic carbocycles. The topological polar surface area (TPSA) is 17.1 Å². The molecule has 0 aliphatic heterocycles. The van der Waals surface area contributed by atoms with E-state index < -0.39 is 0 Å². The Hall–Kier alpha value is -2.41. The standard InChI is InChI=1S/C74H131O/c1-5-9-13-17-21-25-29-33-37-39-40-43-45-49-53-57-61-65-69-72(68-64-60-56-52-48-44-42-38-34-30-26-22-18-14-10-6-2)73(70-66-62-58-54-50-46-36-32-28-24-20-16-12-8-4)74(75)71-67-63-59-55-51-47-41-35-31-27-23-19-15-11-7-3/h21-22,25-26,33-34,37-38,40,43-44,48-49,53,56,60,73H,5-20,23-24,27-32,35-36,39,41-42,45-47,50-52,54-55,57-59,61-71H2,1-4H3/b25-21-,26-22-,37-33-,38-34-,43-40-,48-44-,53-49-,60-56-. The molecule has 1 unspecified atom stereocenters. The second-order valence-corrected chi connectivity index (χ2v) is 22.7. The van der Waals surface area contributed by atoms with Crippen molar-refractivity contribution in [2.75, 3.05) is 0 Å². The number of rotatable bonds is 61. The molecule has 0 saturated carbocycles. The maximum absolute atomic E-state index is 14.4. The molecule has 0 saturated heterocycles. The Morgan fingerprint density at radius 3 is 0.813 bits per heavy atom. The number of allylic oxidation sites excluding steroid dienone is 16. The summed E-state index contributed by atoms with van der Waals surface area (Å²) in [6.45, 7) is 9.16. The van der Waals surface area contributed by atoms with Crippen LogP contribution in [0.3, 0.4) is 0 Å². The van der Waals surface area contributed by atoms with E-state index in [9.17, 15) is 4.79 Å². The Kier molecular flexibility index (Phi) is 63.8. The van der Waals surface area contributed by atoms with Crippen molar-refractivity contribution in [3.05, 3.63) is 103 Å². The first-order valence-electron chi connectivity index (χ1n) is 33.8. The van der Waals surface area contributed by atoms with Crippen molar-refractivity contribution in [1.29, 1.82) is 0 Å². The molecule has 1 atom stereocenters. The van der Waals surface area contributed by atoms with Crippen molar-refractivity contribution < 1.29 is 4.79 Å². The molecular formula is C74H131O. The fourth-order valence-electron chi connectivity index (χ4n) is 10.5. The molecule has 0 heterocycles. The Labute approximate surface area is 472 Å². The zero-order valence-electron chi connectivity index (χ0n) is 51.3. The van der Waals surface area contributed by atoms with E-state index in [2.05, 4.69) is 125 Å². The molecule has 0 bridgehead atoms. The smallest absolute Gasteiger partial charge is 0.136 e. The van der Waals surface area contributed by atoms with E-state index in [1.54, 1.807) is 5.92 Å². The second kappa shape index (κ2) is 65.9. The summed E-state index contributed by atoms with van der Waals surface area (Å²) in [6.07, 6.45) is 102. The third-order valence-electron chi connectivity index (χ3n) is 15.4. The summed E-state index contributed by atoms with van der Waals surface area (Å²) in [6, 6.07) is 0. The van der Waals surface area contributed by atoms with Crippen LogP contribution in [-0.4, -0.2) is 5.78 Å². The van der Waals surface area contributed by atoms with Crippen molar-refractivity contribution >= 4 is 5.78 Å². The molecule has 75 heavy (non-hydrogen) atoms. The molecule has 433 valence electrons. The highest BCUT2D eigenvalue weighted by molar-refractivity contribution is 5.83. The van der Waals surface area contributed by atoms with Gasteiger partial charge in [0.15, 0.2) is 0 Å². The quantitative estimate of drug-likeness (QED) is 0.0438. The second-order valence-electron chi connectivity index (χ2n) is 22.7. The summed E-state index contributed by atoms with van der Waals surface area (Å²) in [5.41, 5.74) is 0. The minimum Gasteiger partial charge on any atom is -0.299 e. The molecule has 1 radical (unpaired) electrons. The first-order valence-corrected chi connectivity index (χ1v) is 33.8. The van der Waals surface area contributed by atoms with E-state index in [1.165, 1.54) is 244 Å². The average molecular weight is 1040 g/mol. The molecule has 0 aromatic heterocycles. The third-order valence-corrected chi connectivity index (χ3v) is 15.4.